The fraction of sp³-hybridized carbons (Fsp3) is 0.647. The maximum atomic E-state index is 13.6. The van der Waals surface area contributed by atoms with Gasteiger partial charge in [-0.2, -0.15) is 17.4 Å². The van der Waals surface area contributed by atoms with E-state index in [-0.39, 0.29) is 12.0 Å². The molecule has 0 bridgehead atoms. The zero-order valence-corrected chi connectivity index (χ0v) is 15.0. The fourth-order valence-electron chi connectivity index (χ4n) is 3.67. The monoisotopic (exact) mass is 373 g/mol. The van der Waals surface area contributed by atoms with Crippen molar-refractivity contribution in [3.05, 3.63) is 35.4 Å². The van der Waals surface area contributed by atoms with Crippen LogP contribution in [-0.2, 0) is 10.2 Å². The van der Waals surface area contributed by atoms with Gasteiger partial charge in [0.2, 0.25) is 0 Å². The summed E-state index contributed by atoms with van der Waals surface area (Å²) in [5, 5.41) is 3.19. The Bertz CT molecular complexity index is 691. The molecule has 0 saturated carbocycles. The molecule has 0 radical (unpaired) electrons. The van der Waals surface area contributed by atoms with E-state index in [1.807, 2.05) is 0 Å². The molecule has 2 saturated heterocycles. The lowest BCUT2D eigenvalue weighted by Gasteiger charge is -2.34. The first-order valence-electron chi connectivity index (χ1n) is 8.90. The summed E-state index contributed by atoms with van der Waals surface area (Å²) in [7, 11) is -3.59. The molecule has 25 heavy (non-hydrogen) atoms. The molecule has 2 fully saturated rings. The van der Waals surface area contributed by atoms with Gasteiger partial charge in [-0.25, -0.2) is 8.78 Å². The Hall–Kier alpha value is -1.09. The van der Waals surface area contributed by atoms with Crippen molar-refractivity contribution < 1.29 is 17.2 Å². The smallest absolute Gasteiger partial charge is 0.279 e. The van der Waals surface area contributed by atoms with Crippen LogP contribution in [0.4, 0.5) is 8.78 Å². The standard InChI is InChI=1S/C17H25F2N3O2S/c18-15-6-5-13(11-16(15)19)14-7-8-20-12-17(14)21-25(23,24)22-9-3-1-2-4-10-22/h5-6,11,14,17,20-21H,1-4,7-10,12H2. The van der Waals surface area contributed by atoms with E-state index in [1.165, 1.54) is 10.4 Å². The van der Waals surface area contributed by atoms with Gasteiger partial charge in [0.1, 0.15) is 0 Å². The number of hydrogen-bond acceptors (Lipinski definition) is 3. The van der Waals surface area contributed by atoms with Gasteiger partial charge in [0, 0.05) is 31.6 Å². The molecule has 2 aliphatic rings. The van der Waals surface area contributed by atoms with Crippen molar-refractivity contribution in [2.24, 2.45) is 0 Å². The molecule has 140 valence electrons. The highest BCUT2D eigenvalue weighted by molar-refractivity contribution is 7.87. The molecular weight excluding hydrogens is 348 g/mol. The van der Waals surface area contributed by atoms with Gasteiger partial charge in [0.05, 0.1) is 0 Å². The summed E-state index contributed by atoms with van der Waals surface area (Å²) in [4.78, 5) is 0. The molecule has 1 aromatic carbocycles. The number of rotatable bonds is 4. The topological polar surface area (TPSA) is 61.4 Å². The average Bonchev–Trinajstić information content (AvgIpc) is 2.88. The Morgan fingerprint density at radius 3 is 2.48 bits per heavy atom. The van der Waals surface area contributed by atoms with Gasteiger partial charge in [-0.15, -0.1) is 0 Å². The second-order valence-electron chi connectivity index (χ2n) is 6.82. The summed E-state index contributed by atoms with van der Waals surface area (Å²) in [6.07, 6.45) is 4.51. The number of hydrogen-bond donors (Lipinski definition) is 2. The van der Waals surface area contributed by atoms with E-state index >= 15 is 0 Å². The first kappa shape index (κ1) is 18.7. The van der Waals surface area contributed by atoms with E-state index < -0.39 is 21.8 Å². The summed E-state index contributed by atoms with van der Waals surface area (Å²) in [5.74, 6) is -1.97. The van der Waals surface area contributed by atoms with Crippen molar-refractivity contribution in [2.45, 2.75) is 44.1 Å². The highest BCUT2D eigenvalue weighted by Gasteiger charge is 2.33. The van der Waals surface area contributed by atoms with Crippen LogP contribution in [-0.4, -0.2) is 44.9 Å². The van der Waals surface area contributed by atoms with Crippen molar-refractivity contribution >= 4 is 10.2 Å². The predicted octanol–water partition coefficient (Wildman–Crippen LogP) is 2.12. The zero-order chi connectivity index (χ0) is 17.9. The highest BCUT2D eigenvalue weighted by Crippen LogP contribution is 2.28. The molecule has 3 rings (SSSR count). The normalized spacial score (nSPS) is 26.3. The van der Waals surface area contributed by atoms with Gasteiger partial charge in [0.15, 0.2) is 11.6 Å². The summed E-state index contributed by atoms with van der Waals surface area (Å²) in [6.45, 7) is 2.25. The van der Waals surface area contributed by atoms with Gasteiger partial charge in [-0.3, -0.25) is 0 Å². The van der Waals surface area contributed by atoms with Crippen LogP contribution in [0.15, 0.2) is 18.2 Å². The summed E-state index contributed by atoms with van der Waals surface area (Å²) >= 11 is 0. The van der Waals surface area contributed by atoms with Gasteiger partial charge in [-0.05, 0) is 43.5 Å². The zero-order valence-electron chi connectivity index (χ0n) is 14.2. The Morgan fingerprint density at radius 1 is 1.08 bits per heavy atom. The Morgan fingerprint density at radius 2 is 1.80 bits per heavy atom. The van der Waals surface area contributed by atoms with Crippen molar-refractivity contribution in [3.63, 3.8) is 0 Å². The van der Waals surface area contributed by atoms with Crippen molar-refractivity contribution in [3.8, 4) is 0 Å². The number of piperidine rings is 1. The van der Waals surface area contributed by atoms with Crippen LogP contribution in [0.5, 0.6) is 0 Å². The number of benzene rings is 1. The molecule has 2 N–H and O–H groups in total. The fourth-order valence-corrected chi connectivity index (χ4v) is 5.19. The van der Waals surface area contributed by atoms with Crippen LogP contribution in [0, 0.1) is 11.6 Å². The van der Waals surface area contributed by atoms with E-state index in [1.54, 1.807) is 6.07 Å². The second-order valence-corrected chi connectivity index (χ2v) is 8.52. The molecule has 5 nitrogen and oxygen atoms in total. The van der Waals surface area contributed by atoms with Crippen LogP contribution in [0.2, 0.25) is 0 Å². The minimum absolute atomic E-state index is 0.182. The third-order valence-electron chi connectivity index (χ3n) is 5.06. The number of halogens is 2. The molecule has 2 atom stereocenters. The molecule has 8 heteroatoms. The largest absolute Gasteiger partial charge is 0.315 e. The number of nitrogens with zero attached hydrogens (tertiary/aromatic N) is 1. The van der Waals surface area contributed by atoms with E-state index in [9.17, 15) is 17.2 Å². The molecule has 1 aromatic rings. The van der Waals surface area contributed by atoms with Crippen LogP contribution in [0.25, 0.3) is 0 Å². The van der Waals surface area contributed by atoms with Crippen molar-refractivity contribution in [1.82, 2.24) is 14.3 Å². The third kappa shape index (κ3) is 4.55. The van der Waals surface area contributed by atoms with Crippen LogP contribution in [0.3, 0.4) is 0 Å². The van der Waals surface area contributed by atoms with E-state index in [0.29, 0.717) is 38.2 Å². The van der Waals surface area contributed by atoms with Gasteiger partial charge in [-0.1, -0.05) is 18.9 Å². The minimum atomic E-state index is -3.59. The number of nitrogens with one attached hydrogen (secondary N) is 2. The molecule has 0 aliphatic carbocycles. The maximum Gasteiger partial charge on any atom is 0.279 e. The van der Waals surface area contributed by atoms with Crippen LogP contribution >= 0.6 is 0 Å². The summed E-state index contributed by atoms with van der Waals surface area (Å²) in [5.41, 5.74) is 0.629. The SMILES string of the molecule is O=S(=O)(NC1CNCCC1c1ccc(F)c(F)c1)N1CCCCCC1. The molecule has 0 spiro atoms. The molecular formula is C17H25F2N3O2S. The maximum absolute atomic E-state index is 13.6. The molecule has 0 amide bonds. The van der Waals surface area contributed by atoms with Crippen molar-refractivity contribution in [1.29, 1.82) is 0 Å². The Balaban J connectivity index is 1.77. The second kappa shape index (κ2) is 8.07. The Kier molecular flexibility index (Phi) is 6.04. The lowest BCUT2D eigenvalue weighted by molar-refractivity contribution is 0.355. The average molecular weight is 373 g/mol. The summed E-state index contributed by atoms with van der Waals surface area (Å²) < 4.78 is 56.6. The van der Waals surface area contributed by atoms with Crippen LogP contribution in [0.1, 0.15) is 43.6 Å². The molecule has 0 aromatic heterocycles. The predicted molar refractivity (Wildman–Crippen MR) is 92.5 cm³/mol. The van der Waals surface area contributed by atoms with E-state index in [4.69, 9.17) is 0 Å². The lowest BCUT2D eigenvalue weighted by atomic mass is 9.86. The lowest BCUT2D eigenvalue weighted by Crippen LogP contribution is -2.53. The van der Waals surface area contributed by atoms with Gasteiger partial charge >= 0.3 is 0 Å². The molecule has 2 heterocycles. The Labute approximate surface area is 148 Å². The molecule has 2 aliphatic heterocycles. The van der Waals surface area contributed by atoms with Crippen molar-refractivity contribution in [2.75, 3.05) is 26.2 Å². The van der Waals surface area contributed by atoms with E-state index in [0.717, 1.165) is 31.7 Å². The third-order valence-corrected chi connectivity index (χ3v) is 6.70. The highest BCUT2D eigenvalue weighted by atomic mass is 32.2. The van der Waals surface area contributed by atoms with Gasteiger partial charge in [0.25, 0.3) is 10.2 Å². The minimum Gasteiger partial charge on any atom is -0.315 e. The van der Waals surface area contributed by atoms with E-state index in [2.05, 4.69) is 10.0 Å². The van der Waals surface area contributed by atoms with Gasteiger partial charge < -0.3 is 5.32 Å². The molecule has 2 unspecified atom stereocenters. The quantitative estimate of drug-likeness (QED) is 0.850. The first-order chi connectivity index (χ1) is 12.0. The first-order valence-corrected chi connectivity index (χ1v) is 10.3. The summed E-state index contributed by atoms with van der Waals surface area (Å²) in [6, 6.07) is 3.44. The van der Waals surface area contributed by atoms with Crippen LogP contribution < -0.4 is 10.0 Å².